The van der Waals surface area contributed by atoms with Crippen molar-refractivity contribution in [2.75, 3.05) is 12.9 Å². The molecule has 1 aromatic heterocycles. The van der Waals surface area contributed by atoms with Gasteiger partial charge in [-0.3, -0.25) is 4.79 Å². The molecule has 0 bridgehead atoms. The number of nitrogens with zero attached hydrogens (tertiary/aromatic N) is 2. The highest BCUT2D eigenvalue weighted by atomic mass is 32.2. The van der Waals surface area contributed by atoms with Crippen LogP contribution < -0.4 is 5.32 Å². The highest BCUT2D eigenvalue weighted by Gasteiger charge is 2.23. The zero-order valence-corrected chi connectivity index (χ0v) is 20.0. The number of aliphatic carboxylic acids is 1. The van der Waals surface area contributed by atoms with E-state index in [-0.39, 0.29) is 11.3 Å². The van der Waals surface area contributed by atoms with Crippen molar-refractivity contribution in [3.05, 3.63) is 81.8 Å². The quantitative estimate of drug-likeness (QED) is 0.305. The van der Waals surface area contributed by atoms with Gasteiger partial charge < -0.3 is 19.8 Å². The summed E-state index contributed by atoms with van der Waals surface area (Å²) in [6.07, 6.45) is 0.821. The summed E-state index contributed by atoms with van der Waals surface area (Å²) in [6, 6.07) is 11.8. The molecule has 190 valence electrons. The van der Waals surface area contributed by atoms with E-state index in [0.717, 1.165) is 6.26 Å². The summed E-state index contributed by atoms with van der Waals surface area (Å²) in [7, 11) is -3.42. The Hall–Kier alpha value is -4.26. The van der Waals surface area contributed by atoms with Crippen LogP contribution in [0.4, 0.5) is 4.39 Å². The first-order valence-electron chi connectivity index (χ1n) is 10.4. The number of carbonyl (C=O) groups excluding carboxylic acids is 1. The SMILES string of the molecule is Cc1c(CC(=O)N[C@@H](CO[N+](=O)[O-])C(=O)O)cc(-c2ccc(S(C)(=O)=O)cc2)n1-c1ccc(F)cc1. The Morgan fingerprint density at radius 1 is 1.17 bits per heavy atom. The maximum Gasteiger partial charge on any atom is 0.328 e. The molecule has 0 radical (unpaired) electrons. The van der Waals surface area contributed by atoms with Gasteiger partial charge in [0.25, 0.3) is 5.09 Å². The summed E-state index contributed by atoms with van der Waals surface area (Å²) < 4.78 is 38.9. The Morgan fingerprint density at radius 3 is 2.31 bits per heavy atom. The van der Waals surface area contributed by atoms with Crippen LogP contribution in [0.15, 0.2) is 59.5 Å². The fourth-order valence-corrected chi connectivity index (χ4v) is 4.20. The summed E-state index contributed by atoms with van der Waals surface area (Å²) in [6.45, 7) is 0.854. The van der Waals surface area contributed by atoms with Crippen molar-refractivity contribution in [2.45, 2.75) is 24.3 Å². The second-order valence-electron chi connectivity index (χ2n) is 7.90. The minimum absolute atomic E-state index is 0.124. The summed E-state index contributed by atoms with van der Waals surface area (Å²) in [5, 5.41) is 20.6. The number of carbonyl (C=O) groups is 2. The lowest BCUT2D eigenvalue weighted by Gasteiger charge is -2.14. The van der Waals surface area contributed by atoms with E-state index in [4.69, 9.17) is 0 Å². The Labute approximate surface area is 205 Å². The number of hydrogen-bond acceptors (Lipinski definition) is 7. The van der Waals surface area contributed by atoms with Crippen molar-refractivity contribution in [1.29, 1.82) is 0 Å². The van der Waals surface area contributed by atoms with Crippen molar-refractivity contribution in [2.24, 2.45) is 0 Å². The highest BCUT2D eigenvalue weighted by molar-refractivity contribution is 7.90. The number of nitrogens with one attached hydrogen (secondary N) is 1. The second kappa shape index (κ2) is 10.6. The zero-order valence-electron chi connectivity index (χ0n) is 19.2. The molecule has 0 saturated carbocycles. The van der Waals surface area contributed by atoms with E-state index in [2.05, 4.69) is 10.2 Å². The van der Waals surface area contributed by atoms with E-state index in [1.165, 1.54) is 36.4 Å². The van der Waals surface area contributed by atoms with E-state index < -0.39 is 45.3 Å². The van der Waals surface area contributed by atoms with Gasteiger partial charge in [-0.05, 0) is 60.5 Å². The average molecular weight is 520 g/mol. The first-order chi connectivity index (χ1) is 16.9. The van der Waals surface area contributed by atoms with Gasteiger partial charge in [0.15, 0.2) is 15.9 Å². The Balaban J connectivity index is 1.98. The molecule has 1 heterocycles. The normalized spacial score (nSPS) is 12.1. The van der Waals surface area contributed by atoms with Crippen LogP contribution in [0.5, 0.6) is 0 Å². The molecule has 2 N–H and O–H groups in total. The number of halogens is 1. The fourth-order valence-electron chi connectivity index (χ4n) is 3.57. The fraction of sp³-hybridized carbons (Fsp3) is 0.217. The maximum absolute atomic E-state index is 13.5. The Morgan fingerprint density at radius 2 is 1.78 bits per heavy atom. The van der Waals surface area contributed by atoms with Crippen LogP contribution in [-0.2, 0) is 30.7 Å². The molecule has 0 aliphatic rings. The van der Waals surface area contributed by atoms with Gasteiger partial charge in [0.2, 0.25) is 5.91 Å². The standard InChI is InChI=1S/C23H22FN3O8S/c1-14-16(12-22(28)25-20(23(29)30)13-35-27(31)32)11-21(26(14)18-7-5-17(24)6-8-18)15-3-9-19(10-4-15)36(2,33)34/h3-11,20H,12-13H2,1-2H3,(H,25,28)(H,29,30)/t20-/m0/s1. The van der Waals surface area contributed by atoms with Crippen molar-refractivity contribution in [3.63, 3.8) is 0 Å². The minimum Gasteiger partial charge on any atom is -0.480 e. The molecule has 13 heteroatoms. The number of hydrogen-bond donors (Lipinski definition) is 2. The van der Waals surface area contributed by atoms with Gasteiger partial charge in [-0.15, -0.1) is 10.1 Å². The monoisotopic (exact) mass is 519 g/mol. The third kappa shape index (κ3) is 6.24. The lowest BCUT2D eigenvalue weighted by Crippen LogP contribution is -2.45. The summed E-state index contributed by atoms with van der Waals surface area (Å²) in [4.78, 5) is 38.5. The number of aromatic nitrogens is 1. The summed E-state index contributed by atoms with van der Waals surface area (Å²) >= 11 is 0. The van der Waals surface area contributed by atoms with Crippen LogP contribution in [0.25, 0.3) is 16.9 Å². The van der Waals surface area contributed by atoms with E-state index in [1.54, 1.807) is 29.7 Å². The van der Waals surface area contributed by atoms with E-state index in [1.807, 2.05) is 0 Å². The van der Waals surface area contributed by atoms with Crippen molar-refractivity contribution < 1.29 is 37.4 Å². The molecule has 1 amide bonds. The number of carboxylic acid groups (broad SMARTS) is 1. The highest BCUT2D eigenvalue weighted by Crippen LogP contribution is 2.30. The molecular weight excluding hydrogens is 497 g/mol. The predicted octanol–water partition coefficient (Wildman–Crippen LogP) is 2.32. The molecule has 0 aliphatic carbocycles. The van der Waals surface area contributed by atoms with Crippen molar-refractivity contribution in [1.82, 2.24) is 9.88 Å². The van der Waals surface area contributed by atoms with E-state index >= 15 is 0 Å². The van der Waals surface area contributed by atoms with Gasteiger partial charge in [-0.25, -0.2) is 17.6 Å². The van der Waals surface area contributed by atoms with Gasteiger partial charge >= 0.3 is 5.97 Å². The van der Waals surface area contributed by atoms with Gasteiger partial charge in [-0.2, -0.15) is 0 Å². The van der Waals surface area contributed by atoms with Crippen LogP contribution >= 0.6 is 0 Å². The van der Waals surface area contributed by atoms with Crippen molar-refractivity contribution in [3.8, 4) is 16.9 Å². The number of amides is 1. The van der Waals surface area contributed by atoms with E-state index in [0.29, 0.717) is 28.2 Å². The second-order valence-corrected chi connectivity index (χ2v) is 9.92. The number of carboxylic acids is 1. The van der Waals surface area contributed by atoms with Crippen LogP contribution in [-0.4, -0.2) is 54.0 Å². The number of rotatable bonds is 10. The molecule has 2 aromatic carbocycles. The zero-order chi connectivity index (χ0) is 26.6. The third-order valence-corrected chi connectivity index (χ3v) is 6.47. The molecule has 0 unspecified atom stereocenters. The third-order valence-electron chi connectivity index (χ3n) is 5.35. The Kier molecular flexibility index (Phi) is 7.73. The summed E-state index contributed by atoms with van der Waals surface area (Å²) in [5.74, 6) is -2.66. The molecule has 0 saturated heterocycles. The van der Waals surface area contributed by atoms with E-state index in [9.17, 15) is 37.6 Å². The number of benzene rings is 2. The largest absolute Gasteiger partial charge is 0.480 e. The molecule has 3 rings (SSSR count). The molecule has 1 atom stereocenters. The molecule has 11 nitrogen and oxygen atoms in total. The molecule has 0 fully saturated rings. The van der Waals surface area contributed by atoms with Gasteiger partial charge in [-0.1, -0.05) is 12.1 Å². The molecule has 0 spiro atoms. The Bertz CT molecular complexity index is 1400. The van der Waals surface area contributed by atoms with Gasteiger partial charge in [0.05, 0.1) is 17.0 Å². The lowest BCUT2D eigenvalue weighted by atomic mass is 10.1. The summed E-state index contributed by atoms with van der Waals surface area (Å²) in [5.41, 5.74) is 2.86. The van der Waals surface area contributed by atoms with Gasteiger partial charge in [0.1, 0.15) is 12.4 Å². The predicted molar refractivity (Wildman–Crippen MR) is 125 cm³/mol. The number of sulfone groups is 1. The minimum atomic E-state index is -3.42. The van der Waals surface area contributed by atoms with Crippen LogP contribution in [0.3, 0.4) is 0 Å². The first-order valence-corrected chi connectivity index (χ1v) is 12.3. The van der Waals surface area contributed by atoms with Crippen LogP contribution in [0.2, 0.25) is 0 Å². The van der Waals surface area contributed by atoms with Crippen LogP contribution in [0, 0.1) is 22.9 Å². The molecule has 3 aromatic rings. The topological polar surface area (TPSA) is 158 Å². The van der Waals surface area contributed by atoms with Crippen molar-refractivity contribution >= 4 is 21.7 Å². The van der Waals surface area contributed by atoms with Gasteiger partial charge in [0, 0.05) is 17.6 Å². The molecular formula is C23H22FN3O8S. The molecule has 0 aliphatic heterocycles. The maximum atomic E-state index is 13.5. The smallest absolute Gasteiger partial charge is 0.328 e. The van der Waals surface area contributed by atoms with Crippen LogP contribution in [0.1, 0.15) is 11.3 Å². The lowest BCUT2D eigenvalue weighted by molar-refractivity contribution is -0.757. The first kappa shape index (κ1) is 26.3. The average Bonchev–Trinajstić information content (AvgIpc) is 3.12. The molecule has 36 heavy (non-hydrogen) atoms.